The fourth-order valence-corrected chi connectivity index (χ4v) is 6.56. The number of hydrogen-bond donors (Lipinski definition) is 0. The van der Waals surface area contributed by atoms with Crippen molar-refractivity contribution in [1.82, 2.24) is 4.67 Å². The molecule has 0 bridgehead atoms. The first-order valence-corrected chi connectivity index (χ1v) is 11.8. The third-order valence-electron chi connectivity index (χ3n) is 5.27. The van der Waals surface area contributed by atoms with Gasteiger partial charge in [-0.25, -0.2) is 0 Å². The average Bonchev–Trinajstić information content (AvgIpc) is 2.79. The molecule has 0 spiro atoms. The largest absolute Gasteiger partial charge is 0.327 e. The number of allylic oxidation sites excluding steroid dienone is 2. The summed E-state index contributed by atoms with van der Waals surface area (Å²) in [5.41, 5.74) is 5.17. The molecule has 152 valence electrons. The normalized spacial score (nSPS) is 18.2. The van der Waals surface area contributed by atoms with Crippen LogP contribution in [0.15, 0.2) is 97.6 Å². The Morgan fingerprint density at radius 2 is 1.57 bits per heavy atom. The van der Waals surface area contributed by atoms with Gasteiger partial charge in [-0.1, -0.05) is 84.9 Å². The van der Waals surface area contributed by atoms with Gasteiger partial charge in [0.25, 0.3) is 0 Å². The molecule has 1 atom stereocenters. The van der Waals surface area contributed by atoms with Crippen molar-refractivity contribution >= 4 is 24.1 Å². The summed E-state index contributed by atoms with van der Waals surface area (Å²) in [6.07, 6.45) is 2.59. The summed E-state index contributed by atoms with van der Waals surface area (Å²) in [5, 5.41) is 0.763. The molecule has 0 aliphatic carbocycles. The van der Waals surface area contributed by atoms with E-state index < -0.39 is 7.52 Å². The van der Waals surface area contributed by atoms with Gasteiger partial charge in [-0.2, -0.15) is 0 Å². The Bertz CT molecular complexity index is 1110. The van der Waals surface area contributed by atoms with E-state index in [2.05, 4.69) is 30.8 Å². The molecule has 30 heavy (non-hydrogen) atoms. The summed E-state index contributed by atoms with van der Waals surface area (Å²) in [7, 11) is -3.32. The Labute approximate surface area is 178 Å². The van der Waals surface area contributed by atoms with Crippen LogP contribution in [0.1, 0.15) is 30.0 Å². The Hall–Kier alpha value is -2.87. The lowest BCUT2D eigenvalue weighted by atomic mass is 9.96. The molecule has 3 aromatic carbocycles. The lowest BCUT2D eigenvalue weighted by molar-refractivity contribution is 0.304. The number of hydrogen-bond acceptors (Lipinski definition) is 2. The highest BCUT2D eigenvalue weighted by Gasteiger charge is 2.42. The van der Waals surface area contributed by atoms with Gasteiger partial charge in [0.05, 0.1) is 24.2 Å². The van der Waals surface area contributed by atoms with Gasteiger partial charge in [0, 0.05) is 0 Å². The fourth-order valence-electron chi connectivity index (χ4n) is 4.03. The van der Waals surface area contributed by atoms with Crippen molar-refractivity contribution in [3.63, 3.8) is 0 Å². The minimum Gasteiger partial charge on any atom is -0.310 e. The monoisotopic (exact) mass is 415 g/mol. The second kappa shape index (κ2) is 8.87. The van der Waals surface area contributed by atoms with Crippen LogP contribution in [0.3, 0.4) is 0 Å². The van der Waals surface area contributed by atoms with Crippen LogP contribution in [0.5, 0.6) is 0 Å². The van der Waals surface area contributed by atoms with Crippen molar-refractivity contribution in [2.75, 3.05) is 6.61 Å². The lowest BCUT2D eigenvalue weighted by Gasteiger charge is -2.41. The average molecular weight is 415 g/mol. The third kappa shape index (κ3) is 3.67. The standard InChI is InChI=1S/C26H26NO2P/c1-3-13-24-23-18-11-12-19-25(23)30(28,29-4-2)27(20-21-14-7-5-8-15-21)26(24)22-16-9-6-10-17-22/h3,5-12,14-19H,1,4,13,20H2,2H3. The van der Waals surface area contributed by atoms with Gasteiger partial charge < -0.3 is 4.52 Å². The molecule has 0 radical (unpaired) electrons. The van der Waals surface area contributed by atoms with Crippen molar-refractivity contribution in [3.05, 3.63) is 114 Å². The Kier molecular flexibility index (Phi) is 6.03. The predicted molar refractivity (Wildman–Crippen MR) is 125 cm³/mol. The first kappa shape index (κ1) is 20.4. The summed E-state index contributed by atoms with van der Waals surface area (Å²) in [5.74, 6) is 0. The number of nitrogens with zero attached hydrogens (tertiary/aromatic N) is 1. The molecule has 1 unspecified atom stereocenters. The Morgan fingerprint density at radius 1 is 0.933 bits per heavy atom. The van der Waals surface area contributed by atoms with E-state index >= 15 is 0 Å². The zero-order valence-electron chi connectivity index (χ0n) is 17.2. The van der Waals surface area contributed by atoms with E-state index in [1.165, 1.54) is 0 Å². The van der Waals surface area contributed by atoms with Crippen LogP contribution in [0, 0.1) is 0 Å². The smallest absolute Gasteiger partial charge is 0.310 e. The predicted octanol–water partition coefficient (Wildman–Crippen LogP) is 6.50. The van der Waals surface area contributed by atoms with Crippen LogP contribution in [0.2, 0.25) is 0 Å². The van der Waals surface area contributed by atoms with Crippen LogP contribution in [0.25, 0.3) is 11.3 Å². The maximum atomic E-state index is 14.6. The molecular formula is C26H26NO2P. The van der Waals surface area contributed by atoms with E-state index in [0.717, 1.165) is 33.3 Å². The highest BCUT2D eigenvalue weighted by molar-refractivity contribution is 7.65. The molecular weight excluding hydrogens is 389 g/mol. The van der Waals surface area contributed by atoms with Gasteiger partial charge in [-0.15, -0.1) is 6.58 Å². The molecule has 4 heteroatoms. The summed E-state index contributed by atoms with van der Waals surface area (Å²) < 4.78 is 22.6. The molecule has 1 aliphatic rings. The fraction of sp³-hybridized carbons (Fsp3) is 0.154. The zero-order valence-corrected chi connectivity index (χ0v) is 18.1. The van der Waals surface area contributed by atoms with E-state index in [1.807, 2.05) is 78.3 Å². The van der Waals surface area contributed by atoms with Gasteiger partial charge in [0.15, 0.2) is 0 Å². The second-order valence-electron chi connectivity index (χ2n) is 7.18. The van der Waals surface area contributed by atoms with Gasteiger partial charge >= 0.3 is 7.52 Å². The highest BCUT2D eigenvalue weighted by Crippen LogP contribution is 2.60. The van der Waals surface area contributed by atoms with Crippen molar-refractivity contribution in [2.45, 2.75) is 19.9 Å². The first-order valence-electron chi connectivity index (χ1n) is 10.2. The lowest BCUT2D eigenvalue weighted by Crippen LogP contribution is -2.32. The van der Waals surface area contributed by atoms with Crippen molar-refractivity contribution in [1.29, 1.82) is 0 Å². The SMILES string of the molecule is C=CCC1=C(c2ccccc2)N(Cc2ccccc2)P(=O)(OCC)c2ccccc21. The molecule has 0 amide bonds. The molecule has 0 N–H and O–H groups in total. The molecule has 3 aromatic rings. The molecule has 1 heterocycles. The van der Waals surface area contributed by atoms with E-state index in [9.17, 15) is 4.57 Å². The molecule has 0 aromatic heterocycles. The highest BCUT2D eigenvalue weighted by atomic mass is 31.2. The molecule has 0 saturated carbocycles. The molecule has 0 saturated heterocycles. The number of benzene rings is 3. The minimum absolute atomic E-state index is 0.371. The van der Waals surface area contributed by atoms with Gasteiger partial charge in [0.2, 0.25) is 0 Å². The third-order valence-corrected chi connectivity index (χ3v) is 7.85. The van der Waals surface area contributed by atoms with Gasteiger partial charge in [0.1, 0.15) is 0 Å². The van der Waals surface area contributed by atoms with Gasteiger partial charge in [-0.3, -0.25) is 9.24 Å². The molecule has 3 nitrogen and oxygen atoms in total. The maximum Gasteiger partial charge on any atom is 0.327 e. The van der Waals surface area contributed by atoms with Crippen LogP contribution in [0.4, 0.5) is 0 Å². The zero-order chi connectivity index (χ0) is 21.0. The summed E-state index contributed by atoms with van der Waals surface area (Å²) in [6.45, 7) is 6.75. The van der Waals surface area contributed by atoms with E-state index in [1.54, 1.807) is 0 Å². The van der Waals surface area contributed by atoms with Crippen LogP contribution >= 0.6 is 7.52 Å². The second-order valence-corrected chi connectivity index (χ2v) is 9.45. The number of rotatable bonds is 7. The molecule has 1 aliphatic heterocycles. The van der Waals surface area contributed by atoms with Crippen LogP contribution in [-0.4, -0.2) is 11.3 Å². The number of fused-ring (bicyclic) bond motifs is 1. The van der Waals surface area contributed by atoms with Crippen molar-refractivity contribution in [3.8, 4) is 0 Å². The van der Waals surface area contributed by atoms with E-state index in [0.29, 0.717) is 19.6 Å². The van der Waals surface area contributed by atoms with Crippen LogP contribution < -0.4 is 5.30 Å². The molecule has 0 fully saturated rings. The van der Waals surface area contributed by atoms with Crippen LogP contribution in [-0.2, 0) is 15.6 Å². The van der Waals surface area contributed by atoms with Crippen molar-refractivity contribution < 1.29 is 9.09 Å². The van der Waals surface area contributed by atoms with E-state index in [4.69, 9.17) is 4.52 Å². The summed E-state index contributed by atoms with van der Waals surface area (Å²) >= 11 is 0. The Morgan fingerprint density at radius 3 is 2.23 bits per heavy atom. The summed E-state index contributed by atoms with van der Waals surface area (Å²) in [6, 6.07) is 28.2. The quantitative estimate of drug-likeness (QED) is 0.326. The van der Waals surface area contributed by atoms with Crippen molar-refractivity contribution in [2.24, 2.45) is 0 Å². The topological polar surface area (TPSA) is 29.5 Å². The Balaban J connectivity index is 2.02. The van der Waals surface area contributed by atoms with Gasteiger partial charge in [-0.05, 0) is 41.7 Å². The molecule has 4 rings (SSSR count). The minimum atomic E-state index is -3.32. The van der Waals surface area contributed by atoms with E-state index in [-0.39, 0.29) is 0 Å². The maximum absolute atomic E-state index is 14.6. The first-order chi connectivity index (χ1) is 14.7. The summed E-state index contributed by atoms with van der Waals surface area (Å²) in [4.78, 5) is 0.